The van der Waals surface area contributed by atoms with Gasteiger partial charge in [0.1, 0.15) is 17.1 Å². The molecule has 1 N–H and O–H groups in total. The molecule has 3 aliphatic rings. The lowest BCUT2D eigenvalue weighted by Crippen LogP contribution is -2.70. The van der Waals surface area contributed by atoms with Gasteiger partial charge in [-0.3, -0.25) is 14.5 Å². The lowest BCUT2D eigenvalue weighted by molar-refractivity contribution is -0.154. The minimum absolute atomic E-state index is 0.126. The van der Waals surface area contributed by atoms with Crippen LogP contribution in [0, 0.1) is 0 Å². The zero-order valence-corrected chi connectivity index (χ0v) is 24.7. The van der Waals surface area contributed by atoms with Crippen LogP contribution < -0.4 is 5.32 Å². The average Bonchev–Trinajstić information content (AvgIpc) is 3.56. The molecule has 0 radical (unpaired) electrons. The van der Waals surface area contributed by atoms with E-state index < -0.39 is 18.1 Å². The van der Waals surface area contributed by atoms with E-state index in [0.29, 0.717) is 11.5 Å². The van der Waals surface area contributed by atoms with Crippen molar-refractivity contribution in [3.8, 4) is 0 Å². The molecule has 42 heavy (non-hydrogen) atoms. The molecule has 7 nitrogen and oxygen atoms in total. The Morgan fingerprint density at radius 2 is 1.62 bits per heavy atom. The molecular formula is C33H32N2O5S2. The molecule has 2 amide bonds. The van der Waals surface area contributed by atoms with Crippen LogP contribution >= 0.6 is 23.5 Å². The largest absolute Gasteiger partial charge is 0.448 e. The SMILES string of the molecule is O=C(Cc1ccccc1)NC1C(=O)N2C(C(=O)OC(c3ccccc3)c3ccccc3)=C(SCC3CCCO3)CS[C@H]12. The molecule has 0 bridgehead atoms. The predicted molar refractivity (Wildman–Crippen MR) is 164 cm³/mol. The van der Waals surface area contributed by atoms with E-state index in [-0.39, 0.29) is 35.4 Å². The van der Waals surface area contributed by atoms with Gasteiger partial charge in [-0.05, 0) is 29.5 Å². The van der Waals surface area contributed by atoms with Crippen LogP contribution in [0.5, 0.6) is 0 Å². The summed E-state index contributed by atoms with van der Waals surface area (Å²) in [7, 11) is 0. The van der Waals surface area contributed by atoms with Crippen LogP contribution in [0.4, 0.5) is 0 Å². The Hall–Kier alpha value is -3.53. The van der Waals surface area contributed by atoms with Crippen molar-refractivity contribution in [3.05, 3.63) is 118 Å². The number of nitrogens with zero attached hydrogens (tertiary/aromatic N) is 1. The summed E-state index contributed by atoms with van der Waals surface area (Å²) >= 11 is 3.12. The molecule has 9 heteroatoms. The van der Waals surface area contributed by atoms with Crippen molar-refractivity contribution in [1.29, 1.82) is 0 Å². The van der Waals surface area contributed by atoms with Crippen molar-refractivity contribution in [2.75, 3.05) is 18.1 Å². The maximum atomic E-state index is 14.1. The van der Waals surface area contributed by atoms with Gasteiger partial charge in [-0.1, -0.05) is 91.0 Å². The highest BCUT2D eigenvalue weighted by molar-refractivity contribution is 8.06. The number of β-lactam (4-membered cyclic amide) rings is 1. The quantitative estimate of drug-likeness (QED) is 0.257. The molecule has 3 heterocycles. The molecule has 216 valence electrons. The Balaban J connectivity index is 1.24. The Labute approximate surface area is 254 Å². The zero-order chi connectivity index (χ0) is 28.9. The number of ether oxygens (including phenoxy) is 2. The molecule has 0 aliphatic carbocycles. The number of thioether (sulfide) groups is 2. The highest BCUT2D eigenvalue weighted by Gasteiger charge is 2.54. The number of carbonyl (C=O) groups excluding carboxylic acids is 3. The number of hydrogen-bond acceptors (Lipinski definition) is 7. The standard InChI is InChI=1S/C33H32N2O5S2/c36-27(19-22-11-4-1-5-12-22)34-28-31(37)35-29(26(21-42-32(28)35)41-20-25-17-10-18-39-25)33(38)40-30(23-13-6-2-7-14-23)24-15-8-3-9-16-24/h1-9,11-16,25,28,30,32H,10,17-21H2,(H,34,36)/t25?,28?,32-/m1/s1. The first-order valence-corrected chi connectivity index (χ1v) is 16.2. The summed E-state index contributed by atoms with van der Waals surface area (Å²) in [6.45, 7) is 0.751. The molecule has 6 rings (SSSR count). The van der Waals surface area contributed by atoms with Crippen molar-refractivity contribution >= 4 is 41.3 Å². The summed E-state index contributed by atoms with van der Waals surface area (Å²) in [5.74, 6) is 0.182. The maximum absolute atomic E-state index is 14.1. The fourth-order valence-electron chi connectivity index (χ4n) is 5.41. The Morgan fingerprint density at radius 1 is 0.976 bits per heavy atom. The summed E-state index contributed by atoms with van der Waals surface area (Å²) in [4.78, 5) is 42.7. The molecule has 2 unspecified atom stereocenters. The van der Waals surface area contributed by atoms with Gasteiger partial charge in [-0.2, -0.15) is 0 Å². The zero-order valence-electron chi connectivity index (χ0n) is 23.0. The highest BCUT2D eigenvalue weighted by atomic mass is 32.2. The lowest BCUT2D eigenvalue weighted by Gasteiger charge is -2.49. The molecular weight excluding hydrogens is 569 g/mol. The lowest BCUT2D eigenvalue weighted by atomic mass is 10.0. The summed E-state index contributed by atoms with van der Waals surface area (Å²) in [5, 5.41) is 2.53. The number of hydrogen-bond donors (Lipinski definition) is 1. The number of nitrogens with one attached hydrogen (secondary N) is 1. The monoisotopic (exact) mass is 600 g/mol. The van der Waals surface area contributed by atoms with E-state index in [9.17, 15) is 14.4 Å². The number of amides is 2. The smallest absolute Gasteiger partial charge is 0.356 e. The molecule has 0 saturated carbocycles. The first-order valence-electron chi connectivity index (χ1n) is 14.1. The number of benzene rings is 3. The number of carbonyl (C=O) groups is 3. The van der Waals surface area contributed by atoms with E-state index in [1.54, 1.807) is 23.5 Å². The summed E-state index contributed by atoms with van der Waals surface area (Å²) < 4.78 is 12.0. The number of fused-ring (bicyclic) bond motifs is 1. The minimum Gasteiger partial charge on any atom is -0.448 e. The van der Waals surface area contributed by atoms with E-state index in [1.165, 1.54) is 4.90 Å². The summed E-state index contributed by atoms with van der Waals surface area (Å²) in [6, 6.07) is 27.9. The van der Waals surface area contributed by atoms with Crippen molar-refractivity contribution in [2.24, 2.45) is 0 Å². The summed E-state index contributed by atoms with van der Waals surface area (Å²) in [6.07, 6.45) is 1.69. The first-order chi connectivity index (χ1) is 20.6. The fraction of sp³-hybridized carbons (Fsp3) is 0.303. The fourth-order valence-corrected chi connectivity index (χ4v) is 8.11. The minimum atomic E-state index is -0.697. The van der Waals surface area contributed by atoms with Crippen LogP contribution in [0.3, 0.4) is 0 Å². The van der Waals surface area contributed by atoms with E-state index in [4.69, 9.17) is 9.47 Å². The van der Waals surface area contributed by atoms with Gasteiger partial charge in [0.2, 0.25) is 5.91 Å². The normalized spacial score (nSPS) is 21.6. The molecule has 0 aromatic heterocycles. The second kappa shape index (κ2) is 13.2. The van der Waals surface area contributed by atoms with E-state index in [1.807, 2.05) is 91.0 Å². The van der Waals surface area contributed by atoms with Crippen LogP contribution in [0.2, 0.25) is 0 Å². The van der Waals surface area contributed by atoms with Crippen LogP contribution in [0.15, 0.2) is 102 Å². The van der Waals surface area contributed by atoms with Crippen LogP contribution in [-0.4, -0.2) is 58.3 Å². The number of rotatable bonds is 10. The Bertz CT molecular complexity index is 1410. The van der Waals surface area contributed by atoms with Crippen LogP contribution in [-0.2, 0) is 30.3 Å². The average molecular weight is 601 g/mol. The molecule has 3 aromatic rings. The van der Waals surface area contributed by atoms with Gasteiger partial charge in [-0.25, -0.2) is 4.79 Å². The van der Waals surface area contributed by atoms with Crippen molar-refractivity contribution in [1.82, 2.24) is 10.2 Å². The highest BCUT2D eigenvalue weighted by Crippen LogP contribution is 2.45. The van der Waals surface area contributed by atoms with Gasteiger partial charge in [0, 0.05) is 23.0 Å². The molecule has 0 spiro atoms. The van der Waals surface area contributed by atoms with E-state index in [0.717, 1.165) is 41.0 Å². The second-order valence-corrected chi connectivity index (χ2v) is 12.7. The third-order valence-corrected chi connectivity index (χ3v) is 10.2. The molecule has 2 saturated heterocycles. The van der Waals surface area contributed by atoms with Gasteiger partial charge in [0.05, 0.1) is 12.5 Å². The van der Waals surface area contributed by atoms with Gasteiger partial charge in [0.15, 0.2) is 6.10 Å². The third kappa shape index (κ3) is 6.28. The van der Waals surface area contributed by atoms with Crippen LogP contribution in [0.25, 0.3) is 0 Å². The van der Waals surface area contributed by atoms with Gasteiger partial charge in [-0.15, -0.1) is 23.5 Å². The second-order valence-electron chi connectivity index (χ2n) is 10.4. The topological polar surface area (TPSA) is 84.9 Å². The van der Waals surface area contributed by atoms with Gasteiger partial charge >= 0.3 is 5.97 Å². The molecule has 3 aromatic carbocycles. The molecule has 3 aliphatic heterocycles. The van der Waals surface area contributed by atoms with Crippen molar-refractivity contribution in [2.45, 2.75) is 42.9 Å². The third-order valence-electron chi connectivity index (χ3n) is 7.55. The van der Waals surface area contributed by atoms with Crippen molar-refractivity contribution in [3.63, 3.8) is 0 Å². The van der Waals surface area contributed by atoms with Crippen molar-refractivity contribution < 1.29 is 23.9 Å². The molecule has 2 fully saturated rings. The predicted octanol–water partition coefficient (Wildman–Crippen LogP) is 5.09. The van der Waals surface area contributed by atoms with Gasteiger partial charge in [0.25, 0.3) is 5.91 Å². The van der Waals surface area contributed by atoms with Gasteiger partial charge < -0.3 is 14.8 Å². The van der Waals surface area contributed by atoms with E-state index >= 15 is 0 Å². The Kier molecular flexibility index (Phi) is 8.98. The maximum Gasteiger partial charge on any atom is 0.356 e. The summed E-state index contributed by atoms with van der Waals surface area (Å²) in [5.41, 5.74) is 2.83. The Morgan fingerprint density at radius 3 is 2.24 bits per heavy atom. The number of esters is 1. The van der Waals surface area contributed by atoms with Crippen LogP contribution in [0.1, 0.15) is 35.6 Å². The first kappa shape index (κ1) is 28.6. The van der Waals surface area contributed by atoms with E-state index in [2.05, 4.69) is 5.32 Å². The molecule has 3 atom stereocenters.